The molecule has 8 heteroatoms. The van der Waals surface area contributed by atoms with Gasteiger partial charge >= 0.3 is 5.97 Å². The molecule has 0 aliphatic heterocycles. The van der Waals surface area contributed by atoms with E-state index in [0.717, 1.165) is 0 Å². The van der Waals surface area contributed by atoms with Crippen LogP contribution in [0.3, 0.4) is 0 Å². The summed E-state index contributed by atoms with van der Waals surface area (Å²) in [5.74, 6) is -1.25. The van der Waals surface area contributed by atoms with Gasteiger partial charge in [0.05, 0.1) is 10.0 Å². The third-order valence-electron chi connectivity index (χ3n) is 2.21. The first-order valence-electron chi connectivity index (χ1n) is 4.98. The molecule has 1 rings (SSSR count). The van der Waals surface area contributed by atoms with Gasteiger partial charge in [-0.05, 0) is 18.6 Å². The maximum atomic E-state index is 12.0. The molecule has 0 saturated heterocycles. The fourth-order valence-electron chi connectivity index (χ4n) is 1.25. The smallest absolute Gasteiger partial charge is 0.321 e. The zero-order valence-corrected chi connectivity index (χ0v) is 11.7. The van der Waals surface area contributed by atoms with E-state index in [4.69, 9.17) is 28.3 Å². The SMILES string of the molecule is CC[C@@H](NS(=O)(=O)c1cccc(Cl)c1Cl)C(=O)O. The van der Waals surface area contributed by atoms with Crippen LogP contribution in [-0.2, 0) is 14.8 Å². The molecule has 0 saturated carbocycles. The van der Waals surface area contributed by atoms with Crippen molar-refractivity contribution in [2.45, 2.75) is 24.3 Å². The van der Waals surface area contributed by atoms with Gasteiger partial charge < -0.3 is 5.11 Å². The van der Waals surface area contributed by atoms with Crippen LogP contribution in [0.4, 0.5) is 0 Å². The van der Waals surface area contributed by atoms with Gasteiger partial charge in [-0.2, -0.15) is 4.72 Å². The summed E-state index contributed by atoms with van der Waals surface area (Å²) in [6.45, 7) is 1.56. The van der Waals surface area contributed by atoms with E-state index < -0.39 is 22.0 Å². The van der Waals surface area contributed by atoms with Gasteiger partial charge in [0.15, 0.2) is 0 Å². The molecule has 5 nitrogen and oxygen atoms in total. The second-order valence-corrected chi connectivity index (χ2v) is 5.94. The predicted octanol–water partition coefficient (Wildman–Crippen LogP) is 2.13. The average Bonchev–Trinajstić information content (AvgIpc) is 2.29. The molecule has 0 aliphatic carbocycles. The van der Waals surface area contributed by atoms with Crippen molar-refractivity contribution in [1.29, 1.82) is 0 Å². The van der Waals surface area contributed by atoms with Crippen LogP contribution < -0.4 is 4.72 Å². The van der Waals surface area contributed by atoms with Crippen LogP contribution >= 0.6 is 23.2 Å². The molecule has 1 aromatic rings. The number of aliphatic carboxylic acids is 1. The number of halogens is 2. The number of nitrogens with one attached hydrogen (secondary N) is 1. The lowest BCUT2D eigenvalue weighted by atomic mass is 10.2. The van der Waals surface area contributed by atoms with Crippen LogP contribution in [-0.4, -0.2) is 25.5 Å². The highest BCUT2D eigenvalue weighted by Crippen LogP contribution is 2.28. The van der Waals surface area contributed by atoms with E-state index in [1.165, 1.54) is 18.2 Å². The third kappa shape index (κ3) is 3.35. The lowest BCUT2D eigenvalue weighted by Crippen LogP contribution is -2.40. The lowest BCUT2D eigenvalue weighted by Gasteiger charge is -2.13. The molecule has 1 atom stereocenters. The fraction of sp³-hybridized carbons (Fsp3) is 0.300. The molecule has 0 aliphatic rings. The van der Waals surface area contributed by atoms with Crippen molar-refractivity contribution in [3.05, 3.63) is 28.2 Å². The number of carboxylic acid groups (broad SMARTS) is 1. The zero-order valence-electron chi connectivity index (χ0n) is 9.35. The Morgan fingerprint density at radius 1 is 1.44 bits per heavy atom. The lowest BCUT2D eigenvalue weighted by molar-refractivity contribution is -0.139. The summed E-state index contributed by atoms with van der Waals surface area (Å²) >= 11 is 11.5. The molecule has 2 N–H and O–H groups in total. The highest BCUT2D eigenvalue weighted by molar-refractivity contribution is 7.89. The minimum atomic E-state index is -4.02. The van der Waals surface area contributed by atoms with Gasteiger partial charge in [0, 0.05) is 0 Å². The summed E-state index contributed by atoms with van der Waals surface area (Å²) in [7, 11) is -4.02. The van der Waals surface area contributed by atoms with Crippen molar-refractivity contribution in [3.8, 4) is 0 Å². The number of sulfonamides is 1. The van der Waals surface area contributed by atoms with E-state index in [0.29, 0.717) is 0 Å². The summed E-state index contributed by atoms with van der Waals surface area (Å²) in [5, 5.41) is 8.77. The summed E-state index contributed by atoms with van der Waals surface area (Å²) in [5.41, 5.74) is 0. The van der Waals surface area contributed by atoms with Gasteiger partial charge in [-0.15, -0.1) is 0 Å². The van der Waals surface area contributed by atoms with Gasteiger partial charge in [0.25, 0.3) is 0 Å². The van der Waals surface area contributed by atoms with Gasteiger partial charge in [0.1, 0.15) is 10.9 Å². The van der Waals surface area contributed by atoms with E-state index in [1.54, 1.807) is 6.92 Å². The maximum absolute atomic E-state index is 12.0. The monoisotopic (exact) mass is 311 g/mol. The molecule has 0 heterocycles. The quantitative estimate of drug-likeness (QED) is 0.872. The Balaban J connectivity index is 3.14. The van der Waals surface area contributed by atoms with Crippen molar-refractivity contribution in [1.82, 2.24) is 4.72 Å². The Hall–Kier alpha value is -0.820. The molecule has 1 aromatic carbocycles. The van der Waals surface area contributed by atoms with E-state index >= 15 is 0 Å². The standard InChI is InChI=1S/C10H11Cl2NO4S/c1-2-7(10(14)15)13-18(16,17)8-5-3-4-6(11)9(8)12/h3-5,7,13H,2H2,1H3,(H,14,15)/t7-/m1/s1. The summed E-state index contributed by atoms with van der Waals surface area (Å²) in [6, 6.07) is 2.91. The molecule has 0 fully saturated rings. The zero-order chi connectivity index (χ0) is 13.9. The Bertz CT molecular complexity index is 559. The molecular weight excluding hydrogens is 301 g/mol. The van der Waals surface area contributed by atoms with Crippen LogP contribution in [0.25, 0.3) is 0 Å². The molecule has 0 unspecified atom stereocenters. The third-order valence-corrected chi connectivity index (χ3v) is 4.65. The average molecular weight is 312 g/mol. The van der Waals surface area contributed by atoms with E-state index in [1.807, 2.05) is 0 Å². The van der Waals surface area contributed by atoms with Gasteiger partial charge in [-0.1, -0.05) is 36.2 Å². The second kappa shape index (κ2) is 5.88. The first kappa shape index (κ1) is 15.2. The van der Waals surface area contributed by atoms with Crippen molar-refractivity contribution < 1.29 is 18.3 Å². The second-order valence-electron chi connectivity index (χ2n) is 3.47. The Kier molecular flexibility index (Phi) is 4.98. The highest BCUT2D eigenvalue weighted by atomic mass is 35.5. The molecule has 0 amide bonds. The van der Waals surface area contributed by atoms with E-state index in [9.17, 15) is 13.2 Å². The Morgan fingerprint density at radius 3 is 2.56 bits per heavy atom. The molecule has 0 bridgehead atoms. The van der Waals surface area contributed by atoms with Crippen molar-refractivity contribution in [2.24, 2.45) is 0 Å². The molecule has 100 valence electrons. The van der Waals surface area contributed by atoms with Crippen molar-refractivity contribution in [2.75, 3.05) is 0 Å². The predicted molar refractivity (Wildman–Crippen MR) is 68.5 cm³/mol. The van der Waals surface area contributed by atoms with Crippen molar-refractivity contribution in [3.63, 3.8) is 0 Å². The first-order chi connectivity index (χ1) is 8.29. The van der Waals surface area contributed by atoms with Crippen LogP contribution in [0, 0.1) is 0 Å². The van der Waals surface area contributed by atoms with E-state index in [-0.39, 0.29) is 21.4 Å². The number of benzene rings is 1. The molecule has 0 radical (unpaired) electrons. The number of carboxylic acids is 1. The van der Waals surface area contributed by atoms with Crippen LogP contribution in [0.1, 0.15) is 13.3 Å². The summed E-state index contributed by atoms with van der Waals surface area (Å²) in [4.78, 5) is 10.6. The fourth-order valence-corrected chi connectivity index (χ4v) is 3.28. The summed E-state index contributed by atoms with van der Waals surface area (Å²) in [6.07, 6.45) is 0.118. The minimum absolute atomic E-state index is 0.0860. The van der Waals surface area contributed by atoms with Gasteiger partial charge in [-0.25, -0.2) is 8.42 Å². The highest BCUT2D eigenvalue weighted by Gasteiger charge is 2.26. The van der Waals surface area contributed by atoms with Crippen LogP contribution in [0.2, 0.25) is 10.0 Å². The minimum Gasteiger partial charge on any atom is -0.480 e. The summed E-state index contributed by atoms with van der Waals surface area (Å²) < 4.78 is 26.0. The molecule has 18 heavy (non-hydrogen) atoms. The van der Waals surface area contributed by atoms with Crippen LogP contribution in [0.5, 0.6) is 0 Å². The number of hydrogen-bond acceptors (Lipinski definition) is 3. The largest absolute Gasteiger partial charge is 0.480 e. The maximum Gasteiger partial charge on any atom is 0.321 e. The molecule has 0 spiro atoms. The van der Waals surface area contributed by atoms with Crippen molar-refractivity contribution >= 4 is 39.2 Å². The topological polar surface area (TPSA) is 83.5 Å². The molecule has 0 aromatic heterocycles. The van der Waals surface area contributed by atoms with Gasteiger partial charge in [0.2, 0.25) is 10.0 Å². The Labute approximate surface area is 115 Å². The van der Waals surface area contributed by atoms with E-state index in [2.05, 4.69) is 4.72 Å². The Morgan fingerprint density at radius 2 is 2.06 bits per heavy atom. The molecular formula is C10H11Cl2NO4S. The normalized spacial score (nSPS) is 13.3. The first-order valence-corrected chi connectivity index (χ1v) is 7.22. The van der Waals surface area contributed by atoms with Gasteiger partial charge in [-0.3, -0.25) is 4.79 Å². The van der Waals surface area contributed by atoms with Crippen LogP contribution in [0.15, 0.2) is 23.1 Å². The number of rotatable bonds is 5. The number of hydrogen-bond donors (Lipinski definition) is 2. The number of carbonyl (C=O) groups is 1.